The molecule has 0 radical (unpaired) electrons. The molecule has 0 saturated carbocycles. The van der Waals surface area contributed by atoms with Gasteiger partial charge in [0, 0.05) is 4.88 Å². The van der Waals surface area contributed by atoms with Gasteiger partial charge in [0.25, 0.3) is 0 Å². The molecule has 1 aromatic rings. The van der Waals surface area contributed by atoms with Gasteiger partial charge in [0.05, 0.1) is 6.42 Å². The van der Waals surface area contributed by atoms with Crippen LogP contribution in [0, 0.1) is 0 Å². The van der Waals surface area contributed by atoms with Crippen LogP contribution in [-0.4, -0.2) is 11.6 Å². The lowest BCUT2D eigenvalue weighted by molar-refractivity contribution is -0.153. The highest BCUT2D eigenvalue weighted by molar-refractivity contribution is 7.10. The topological polar surface area (TPSA) is 26.3 Å². The zero-order valence-electron chi connectivity index (χ0n) is 15.4. The van der Waals surface area contributed by atoms with Gasteiger partial charge in [-0.1, -0.05) is 35.9 Å². The van der Waals surface area contributed by atoms with Crippen molar-refractivity contribution in [2.75, 3.05) is 0 Å². The van der Waals surface area contributed by atoms with Gasteiger partial charge >= 0.3 is 5.97 Å². The lowest BCUT2D eigenvalue weighted by Crippen LogP contribution is -2.29. The number of hydrogen-bond acceptors (Lipinski definition) is 3. The van der Waals surface area contributed by atoms with E-state index < -0.39 is 5.60 Å². The number of ether oxygens (including phenoxy) is 1. The number of allylic oxidation sites excluding steroid dienone is 4. The van der Waals surface area contributed by atoms with Crippen molar-refractivity contribution < 1.29 is 9.53 Å². The first-order chi connectivity index (χ1) is 11.3. The SMILES string of the molecule is C=CC(C)(CCC=C(C)CCC=C(C)C)OC(=O)Cc1cccs1. The van der Waals surface area contributed by atoms with Crippen molar-refractivity contribution in [3.8, 4) is 0 Å². The van der Waals surface area contributed by atoms with E-state index in [1.54, 1.807) is 17.4 Å². The van der Waals surface area contributed by atoms with Gasteiger partial charge in [0.1, 0.15) is 5.60 Å². The minimum Gasteiger partial charge on any atom is -0.455 e. The monoisotopic (exact) mass is 346 g/mol. The molecule has 0 aliphatic rings. The van der Waals surface area contributed by atoms with E-state index >= 15 is 0 Å². The smallest absolute Gasteiger partial charge is 0.311 e. The molecule has 0 saturated heterocycles. The Morgan fingerprint density at radius 1 is 1.29 bits per heavy atom. The summed E-state index contributed by atoms with van der Waals surface area (Å²) in [6.07, 6.45) is 10.4. The highest BCUT2D eigenvalue weighted by Crippen LogP contribution is 2.22. The highest BCUT2D eigenvalue weighted by atomic mass is 32.1. The van der Waals surface area contributed by atoms with Crippen LogP contribution in [0.5, 0.6) is 0 Å². The molecule has 1 aromatic heterocycles. The van der Waals surface area contributed by atoms with Crippen LogP contribution < -0.4 is 0 Å². The summed E-state index contributed by atoms with van der Waals surface area (Å²) in [6, 6.07) is 3.90. The van der Waals surface area contributed by atoms with Crippen LogP contribution in [0.4, 0.5) is 0 Å². The summed E-state index contributed by atoms with van der Waals surface area (Å²) in [4.78, 5) is 13.1. The number of carbonyl (C=O) groups is 1. The summed E-state index contributed by atoms with van der Waals surface area (Å²) in [5, 5.41) is 1.97. The lowest BCUT2D eigenvalue weighted by Gasteiger charge is -2.25. The molecule has 1 unspecified atom stereocenters. The fourth-order valence-electron chi connectivity index (χ4n) is 2.34. The third-order valence-corrected chi connectivity index (χ3v) is 4.78. The van der Waals surface area contributed by atoms with E-state index in [2.05, 4.69) is 39.5 Å². The molecule has 1 atom stereocenters. The maximum atomic E-state index is 12.1. The third-order valence-electron chi connectivity index (χ3n) is 3.90. The molecular formula is C21H30O2S. The summed E-state index contributed by atoms with van der Waals surface area (Å²) in [7, 11) is 0. The van der Waals surface area contributed by atoms with Crippen LogP contribution in [0.1, 0.15) is 58.3 Å². The van der Waals surface area contributed by atoms with Crippen molar-refractivity contribution in [3.63, 3.8) is 0 Å². The number of esters is 1. The predicted octanol–water partition coefficient (Wildman–Crippen LogP) is 6.25. The largest absolute Gasteiger partial charge is 0.455 e. The molecular weight excluding hydrogens is 316 g/mol. The Morgan fingerprint density at radius 2 is 2.04 bits per heavy atom. The van der Waals surface area contributed by atoms with Crippen molar-refractivity contribution in [1.29, 1.82) is 0 Å². The van der Waals surface area contributed by atoms with E-state index in [-0.39, 0.29) is 5.97 Å². The third kappa shape index (κ3) is 8.30. The van der Waals surface area contributed by atoms with E-state index in [1.807, 2.05) is 24.4 Å². The Balaban J connectivity index is 2.45. The standard InChI is InChI=1S/C21H30O2S/c1-6-21(5,23-20(22)16-19-13-9-15-24-19)14-8-12-18(4)11-7-10-17(2)3/h6,9-10,12-13,15H,1,7-8,11,14,16H2,2-5H3. The number of carbonyl (C=O) groups excluding carboxylic acids is 1. The van der Waals surface area contributed by atoms with E-state index in [1.165, 1.54) is 11.1 Å². The van der Waals surface area contributed by atoms with E-state index in [4.69, 9.17) is 4.74 Å². The molecule has 0 spiro atoms. The minimum atomic E-state index is -0.606. The van der Waals surface area contributed by atoms with Crippen molar-refractivity contribution in [1.82, 2.24) is 0 Å². The molecule has 3 heteroatoms. The normalized spacial score (nSPS) is 13.9. The lowest BCUT2D eigenvalue weighted by atomic mass is 9.98. The summed E-state index contributed by atoms with van der Waals surface area (Å²) in [5.74, 6) is -0.191. The Bertz CT molecular complexity index is 577. The van der Waals surface area contributed by atoms with Crippen molar-refractivity contribution in [3.05, 3.63) is 58.3 Å². The molecule has 2 nitrogen and oxygen atoms in total. The molecule has 24 heavy (non-hydrogen) atoms. The van der Waals surface area contributed by atoms with Crippen LogP contribution in [0.15, 0.2) is 53.5 Å². The summed E-state index contributed by atoms with van der Waals surface area (Å²) in [6.45, 7) is 12.2. The average Bonchev–Trinajstić information content (AvgIpc) is 2.99. The first-order valence-electron chi connectivity index (χ1n) is 8.51. The summed E-state index contributed by atoms with van der Waals surface area (Å²) < 4.78 is 5.67. The zero-order valence-corrected chi connectivity index (χ0v) is 16.2. The summed E-state index contributed by atoms with van der Waals surface area (Å²) >= 11 is 1.58. The molecule has 0 bridgehead atoms. The van der Waals surface area contributed by atoms with Crippen LogP contribution in [0.3, 0.4) is 0 Å². The van der Waals surface area contributed by atoms with Gasteiger partial charge < -0.3 is 4.74 Å². The summed E-state index contributed by atoms with van der Waals surface area (Å²) in [5.41, 5.74) is 2.13. The van der Waals surface area contributed by atoms with E-state index in [0.717, 1.165) is 30.6 Å². The van der Waals surface area contributed by atoms with Gasteiger partial charge in [-0.3, -0.25) is 4.79 Å². The molecule has 0 aliphatic heterocycles. The number of thiophene rings is 1. The van der Waals surface area contributed by atoms with Crippen molar-refractivity contribution in [2.24, 2.45) is 0 Å². The maximum absolute atomic E-state index is 12.1. The Hall–Kier alpha value is -1.61. The fraction of sp³-hybridized carbons (Fsp3) is 0.476. The van der Waals surface area contributed by atoms with Crippen LogP contribution in [-0.2, 0) is 16.0 Å². The molecule has 132 valence electrons. The first kappa shape index (κ1) is 20.4. The fourth-order valence-corrected chi connectivity index (χ4v) is 3.03. The Morgan fingerprint density at radius 3 is 2.62 bits per heavy atom. The molecule has 0 aromatic carbocycles. The average molecular weight is 347 g/mol. The highest BCUT2D eigenvalue weighted by Gasteiger charge is 2.24. The van der Waals surface area contributed by atoms with Gasteiger partial charge in [-0.25, -0.2) is 0 Å². The second-order valence-electron chi connectivity index (χ2n) is 6.66. The second-order valence-corrected chi connectivity index (χ2v) is 7.69. The quantitative estimate of drug-likeness (QED) is 0.369. The van der Waals surface area contributed by atoms with Gasteiger partial charge in [0.2, 0.25) is 0 Å². The molecule has 1 heterocycles. The van der Waals surface area contributed by atoms with Gasteiger partial charge in [-0.05, 0) is 70.9 Å². The molecule has 0 amide bonds. The minimum absolute atomic E-state index is 0.191. The van der Waals surface area contributed by atoms with E-state index in [0.29, 0.717) is 6.42 Å². The molecule has 0 N–H and O–H groups in total. The molecule has 0 fully saturated rings. The maximum Gasteiger partial charge on any atom is 0.311 e. The zero-order chi connectivity index (χ0) is 18.0. The van der Waals surface area contributed by atoms with Crippen LogP contribution in [0.2, 0.25) is 0 Å². The molecule has 1 rings (SSSR count). The Labute approximate surface area is 150 Å². The van der Waals surface area contributed by atoms with Crippen LogP contribution in [0.25, 0.3) is 0 Å². The predicted molar refractivity (Wildman–Crippen MR) is 104 cm³/mol. The molecule has 0 aliphatic carbocycles. The van der Waals surface area contributed by atoms with Gasteiger partial charge in [-0.2, -0.15) is 0 Å². The van der Waals surface area contributed by atoms with Gasteiger partial charge in [-0.15, -0.1) is 11.3 Å². The van der Waals surface area contributed by atoms with Crippen molar-refractivity contribution in [2.45, 2.75) is 65.4 Å². The first-order valence-corrected chi connectivity index (χ1v) is 9.39. The van der Waals surface area contributed by atoms with Gasteiger partial charge in [0.15, 0.2) is 0 Å². The van der Waals surface area contributed by atoms with E-state index in [9.17, 15) is 4.79 Å². The Kier molecular flexibility index (Phi) is 8.77. The number of rotatable bonds is 10. The number of hydrogen-bond donors (Lipinski definition) is 0. The second kappa shape index (κ2) is 10.3. The van der Waals surface area contributed by atoms with Crippen molar-refractivity contribution >= 4 is 17.3 Å². The van der Waals surface area contributed by atoms with Crippen LogP contribution >= 0.6 is 11.3 Å².